The first kappa shape index (κ1) is 24.8. The van der Waals surface area contributed by atoms with E-state index in [1.807, 2.05) is 0 Å². The zero-order chi connectivity index (χ0) is 23.9. The molecule has 1 amide bonds. The lowest BCUT2D eigenvalue weighted by atomic mass is 9.93. The van der Waals surface area contributed by atoms with Gasteiger partial charge in [-0.25, -0.2) is 14.0 Å². The SMILES string of the molecule is CC(C)(C)OC(=O)N[C@@](C)(CCC(=O)c1ccc(OCc2ccccc2F)cc1)C(=O)O. The number of benzene rings is 2. The van der Waals surface area contributed by atoms with Gasteiger partial charge >= 0.3 is 12.1 Å². The van der Waals surface area contributed by atoms with Crippen molar-refractivity contribution in [2.75, 3.05) is 0 Å². The number of ether oxygens (including phenoxy) is 2. The third-order valence-corrected chi connectivity index (χ3v) is 4.63. The van der Waals surface area contributed by atoms with Gasteiger partial charge in [0.25, 0.3) is 0 Å². The number of amides is 1. The summed E-state index contributed by atoms with van der Waals surface area (Å²) < 4.78 is 24.3. The predicted molar refractivity (Wildman–Crippen MR) is 116 cm³/mol. The molecular formula is C24H28FNO6. The van der Waals surface area contributed by atoms with Crippen molar-refractivity contribution in [3.05, 3.63) is 65.5 Å². The van der Waals surface area contributed by atoms with Crippen molar-refractivity contribution in [2.45, 2.75) is 58.3 Å². The maximum absolute atomic E-state index is 13.7. The van der Waals surface area contributed by atoms with Gasteiger partial charge in [0.15, 0.2) is 5.78 Å². The highest BCUT2D eigenvalue weighted by Gasteiger charge is 2.36. The molecule has 0 unspecified atom stereocenters. The molecule has 0 radical (unpaired) electrons. The Morgan fingerprint density at radius 2 is 1.62 bits per heavy atom. The summed E-state index contributed by atoms with van der Waals surface area (Å²) in [6.45, 7) is 6.37. The molecule has 0 spiro atoms. The second-order valence-electron chi connectivity index (χ2n) is 8.59. The number of hydrogen-bond donors (Lipinski definition) is 2. The van der Waals surface area contributed by atoms with E-state index in [4.69, 9.17) is 9.47 Å². The summed E-state index contributed by atoms with van der Waals surface area (Å²) in [6, 6.07) is 12.6. The molecule has 8 heteroatoms. The quantitative estimate of drug-likeness (QED) is 0.541. The van der Waals surface area contributed by atoms with Crippen molar-refractivity contribution in [2.24, 2.45) is 0 Å². The zero-order valence-electron chi connectivity index (χ0n) is 18.6. The van der Waals surface area contributed by atoms with E-state index in [0.29, 0.717) is 16.9 Å². The Labute approximate surface area is 186 Å². The lowest BCUT2D eigenvalue weighted by Crippen LogP contribution is -2.53. The highest BCUT2D eigenvalue weighted by atomic mass is 19.1. The number of carbonyl (C=O) groups excluding carboxylic acids is 2. The first-order valence-electron chi connectivity index (χ1n) is 10.1. The van der Waals surface area contributed by atoms with Crippen LogP contribution in [-0.4, -0.2) is 34.1 Å². The smallest absolute Gasteiger partial charge is 0.408 e. The molecule has 2 rings (SSSR count). The molecule has 172 valence electrons. The molecule has 0 saturated carbocycles. The zero-order valence-corrected chi connectivity index (χ0v) is 18.6. The number of hydrogen-bond acceptors (Lipinski definition) is 5. The number of rotatable bonds is 9. The van der Waals surface area contributed by atoms with E-state index in [1.54, 1.807) is 63.2 Å². The van der Waals surface area contributed by atoms with Gasteiger partial charge in [0.2, 0.25) is 0 Å². The van der Waals surface area contributed by atoms with Gasteiger partial charge in [-0.05, 0) is 64.4 Å². The van der Waals surface area contributed by atoms with E-state index in [1.165, 1.54) is 13.0 Å². The fraction of sp³-hybridized carbons (Fsp3) is 0.375. The van der Waals surface area contributed by atoms with Gasteiger partial charge in [-0.1, -0.05) is 18.2 Å². The van der Waals surface area contributed by atoms with Crippen molar-refractivity contribution in [3.63, 3.8) is 0 Å². The fourth-order valence-corrected chi connectivity index (χ4v) is 2.77. The van der Waals surface area contributed by atoms with Crippen LogP contribution in [0, 0.1) is 5.82 Å². The van der Waals surface area contributed by atoms with E-state index in [-0.39, 0.29) is 31.0 Å². The lowest BCUT2D eigenvalue weighted by Gasteiger charge is -2.28. The van der Waals surface area contributed by atoms with Crippen LogP contribution < -0.4 is 10.1 Å². The molecule has 32 heavy (non-hydrogen) atoms. The van der Waals surface area contributed by atoms with Crippen molar-refractivity contribution >= 4 is 17.8 Å². The molecule has 2 aromatic carbocycles. The lowest BCUT2D eigenvalue weighted by molar-refractivity contribution is -0.144. The Hall–Kier alpha value is -3.42. The summed E-state index contributed by atoms with van der Waals surface area (Å²) in [5, 5.41) is 11.9. The van der Waals surface area contributed by atoms with E-state index in [2.05, 4.69) is 5.32 Å². The van der Waals surface area contributed by atoms with Crippen LogP contribution in [0.2, 0.25) is 0 Å². The molecule has 0 aliphatic heterocycles. The van der Waals surface area contributed by atoms with Crippen LogP contribution in [0.25, 0.3) is 0 Å². The average Bonchev–Trinajstić information content (AvgIpc) is 2.70. The number of aliphatic carboxylic acids is 1. The molecule has 0 heterocycles. The highest BCUT2D eigenvalue weighted by molar-refractivity contribution is 5.96. The van der Waals surface area contributed by atoms with Gasteiger partial charge in [-0.2, -0.15) is 0 Å². The van der Waals surface area contributed by atoms with Gasteiger partial charge in [0.05, 0.1) is 0 Å². The number of halogens is 1. The first-order valence-corrected chi connectivity index (χ1v) is 10.1. The normalized spacial score (nSPS) is 13.0. The summed E-state index contributed by atoms with van der Waals surface area (Å²) in [6.07, 6.45) is -1.09. The number of Topliss-reactive ketones (excluding diaryl/α,β-unsaturated/α-hetero) is 1. The first-order chi connectivity index (χ1) is 14.9. The summed E-state index contributed by atoms with van der Waals surface area (Å²) in [5.74, 6) is -1.45. The Kier molecular flexibility index (Phi) is 7.97. The van der Waals surface area contributed by atoms with E-state index >= 15 is 0 Å². The van der Waals surface area contributed by atoms with Crippen LogP contribution in [0.15, 0.2) is 48.5 Å². The fourth-order valence-electron chi connectivity index (χ4n) is 2.77. The minimum absolute atomic E-state index is 0.0489. The molecular weight excluding hydrogens is 417 g/mol. The van der Waals surface area contributed by atoms with Gasteiger partial charge in [-0.15, -0.1) is 0 Å². The minimum Gasteiger partial charge on any atom is -0.489 e. The third kappa shape index (κ3) is 7.37. The number of alkyl carbamates (subject to hydrolysis) is 1. The standard InChI is InChI=1S/C24H28FNO6/c1-23(2,3)32-22(30)26-24(4,21(28)29)14-13-20(27)16-9-11-18(12-10-16)31-15-17-7-5-6-8-19(17)25/h5-12H,13-15H2,1-4H3,(H,26,30)(H,28,29)/t24-/m0/s1. The van der Waals surface area contributed by atoms with Gasteiger partial charge < -0.3 is 19.9 Å². The molecule has 0 aliphatic carbocycles. The van der Waals surface area contributed by atoms with Crippen molar-refractivity contribution < 1.29 is 33.4 Å². The number of carboxylic acids is 1. The maximum Gasteiger partial charge on any atom is 0.408 e. The van der Waals surface area contributed by atoms with Crippen LogP contribution in [-0.2, 0) is 16.1 Å². The van der Waals surface area contributed by atoms with Gasteiger partial charge in [0, 0.05) is 17.5 Å². The van der Waals surface area contributed by atoms with Crippen molar-refractivity contribution in [3.8, 4) is 5.75 Å². The molecule has 1 atom stereocenters. The van der Waals surface area contributed by atoms with E-state index in [9.17, 15) is 23.9 Å². The second kappa shape index (κ2) is 10.3. The van der Waals surface area contributed by atoms with Crippen molar-refractivity contribution in [1.82, 2.24) is 5.32 Å². The maximum atomic E-state index is 13.7. The van der Waals surface area contributed by atoms with Crippen LogP contribution in [0.5, 0.6) is 5.75 Å². The summed E-state index contributed by atoms with van der Waals surface area (Å²) >= 11 is 0. The van der Waals surface area contributed by atoms with Crippen LogP contribution >= 0.6 is 0 Å². The van der Waals surface area contributed by atoms with Crippen LogP contribution in [0.3, 0.4) is 0 Å². The minimum atomic E-state index is -1.67. The summed E-state index contributed by atoms with van der Waals surface area (Å²) in [4.78, 5) is 36.2. The largest absolute Gasteiger partial charge is 0.489 e. The molecule has 2 aromatic rings. The van der Waals surface area contributed by atoms with Crippen molar-refractivity contribution in [1.29, 1.82) is 0 Å². The summed E-state index contributed by atoms with van der Waals surface area (Å²) in [5.41, 5.74) is -1.66. The monoisotopic (exact) mass is 445 g/mol. The third-order valence-electron chi connectivity index (χ3n) is 4.63. The Morgan fingerprint density at radius 3 is 2.19 bits per heavy atom. The molecule has 0 saturated heterocycles. The molecule has 2 N–H and O–H groups in total. The number of carbonyl (C=O) groups is 3. The molecule has 0 aliphatic rings. The average molecular weight is 445 g/mol. The second-order valence-corrected chi connectivity index (χ2v) is 8.59. The molecule has 7 nitrogen and oxygen atoms in total. The number of carboxylic acid groups (broad SMARTS) is 1. The van der Waals surface area contributed by atoms with Crippen LogP contribution in [0.1, 0.15) is 56.5 Å². The topological polar surface area (TPSA) is 102 Å². The Bertz CT molecular complexity index is 967. The highest BCUT2D eigenvalue weighted by Crippen LogP contribution is 2.20. The van der Waals surface area contributed by atoms with Crippen LogP contribution in [0.4, 0.5) is 9.18 Å². The molecule has 0 aromatic heterocycles. The van der Waals surface area contributed by atoms with Gasteiger partial charge in [-0.3, -0.25) is 4.79 Å². The molecule has 0 fully saturated rings. The molecule has 0 bridgehead atoms. The Morgan fingerprint density at radius 1 is 1.00 bits per heavy atom. The van der Waals surface area contributed by atoms with E-state index in [0.717, 1.165) is 0 Å². The number of ketones is 1. The van der Waals surface area contributed by atoms with E-state index < -0.39 is 23.2 Å². The van der Waals surface area contributed by atoms with Gasteiger partial charge in [0.1, 0.15) is 29.3 Å². The predicted octanol–water partition coefficient (Wildman–Crippen LogP) is 4.74. The number of nitrogens with one attached hydrogen (secondary N) is 1. The summed E-state index contributed by atoms with van der Waals surface area (Å²) in [7, 11) is 0. The Balaban J connectivity index is 1.95.